The number of phenolic OH excluding ortho intramolecular Hbond substituents is 1. The molecule has 4 amide bonds. The topological polar surface area (TPSA) is 225 Å². The van der Waals surface area contributed by atoms with Crippen molar-refractivity contribution in [1.29, 1.82) is 0 Å². The van der Waals surface area contributed by atoms with Gasteiger partial charge in [0.15, 0.2) is 0 Å². The van der Waals surface area contributed by atoms with Gasteiger partial charge in [0, 0.05) is 13.0 Å². The molecule has 186 valence electrons. The number of carboxylic acids is 1. The molecule has 0 bridgehead atoms. The molecule has 34 heavy (non-hydrogen) atoms. The van der Waals surface area contributed by atoms with Crippen LogP contribution >= 0.6 is 0 Å². The molecule has 0 spiro atoms. The van der Waals surface area contributed by atoms with E-state index >= 15 is 0 Å². The van der Waals surface area contributed by atoms with Crippen LogP contribution < -0.4 is 22.1 Å². The molecule has 9 N–H and O–H groups in total. The highest BCUT2D eigenvalue weighted by atomic mass is 16.4. The number of nitrogens with one attached hydrogen (secondary N) is 2. The predicted octanol–water partition coefficient (Wildman–Crippen LogP) is -2.83. The first-order valence-corrected chi connectivity index (χ1v) is 10.6. The van der Waals surface area contributed by atoms with Crippen molar-refractivity contribution < 1.29 is 39.3 Å². The number of aliphatic hydroxyl groups is 1. The van der Waals surface area contributed by atoms with Crippen molar-refractivity contribution in [3.63, 3.8) is 0 Å². The van der Waals surface area contributed by atoms with Crippen molar-refractivity contribution >= 4 is 29.6 Å². The van der Waals surface area contributed by atoms with Crippen molar-refractivity contribution in [2.75, 3.05) is 13.2 Å². The van der Waals surface area contributed by atoms with Gasteiger partial charge in [0.25, 0.3) is 0 Å². The van der Waals surface area contributed by atoms with Crippen LogP contribution in [-0.2, 0) is 30.4 Å². The normalized spacial score (nSPS) is 17.9. The molecule has 1 fully saturated rings. The largest absolute Gasteiger partial charge is 0.508 e. The van der Waals surface area contributed by atoms with Gasteiger partial charge in [-0.1, -0.05) is 12.1 Å². The highest BCUT2D eigenvalue weighted by Gasteiger charge is 2.38. The summed E-state index contributed by atoms with van der Waals surface area (Å²) in [7, 11) is 0. The van der Waals surface area contributed by atoms with E-state index in [9.17, 15) is 39.3 Å². The van der Waals surface area contributed by atoms with E-state index < -0.39 is 66.8 Å². The fourth-order valence-electron chi connectivity index (χ4n) is 3.61. The van der Waals surface area contributed by atoms with Crippen molar-refractivity contribution in [2.24, 2.45) is 11.5 Å². The van der Waals surface area contributed by atoms with Gasteiger partial charge >= 0.3 is 5.97 Å². The van der Waals surface area contributed by atoms with Gasteiger partial charge < -0.3 is 42.3 Å². The van der Waals surface area contributed by atoms with Gasteiger partial charge in [-0.25, -0.2) is 4.79 Å². The Morgan fingerprint density at radius 1 is 1.06 bits per heavy atom. The van der Waals surface area contributed by atoms with E-state index in [2.05, 4.69) is 10.6 Å². The molecule has 13 heteroatoms. The Morgan fingerprint density at radius 2 is 1.68 bits per heavy atom. The molecule has 13 nitrogen and oxygen atoms in total. The lowest BCUT2D eigenvalue weighted by molar-refractivity contribution is -0.149. The lowest BCUT2D eigenvalue weighted by Crippen LogP contribution is -2.58. The van der Waals surface area contributed by atoms with Gasteiger partial charge in [-0.3, -0.25) is 19.2 Å². The molecule has 4 unspecified atom stereocenters. The number of nitrogens with two attached hydrogens (primary N) is 2. The lowest BCUT2D eigenvalue weighted by atomic mass is 10.0. The highest BCUT2D eigenvalue weighted by molar-refractivity contribution is 5.95. The molecule has 1 heterocycles. The van der Waals surface area contributed by atoms with E-state index in [0.29, 0.717) is 12.0 Å². The SMILES string of the molecule is NC(=O)CC(N)C(=O)NC(CO)C(=O)NC(Cc1ccc(O)cc1)C(=O)N1CCCC1C(=O)O. The average molecular weight is 479 g/mol. The standard InChI is InChI=1S/C21H29N5O8/c22-13(9-17(23)29)18(30)25-15(10-27)19(31)24-14(8-11-3-5-12(28)6-4-11)20(32)26-7-1-2-16(26)21(33)34/h3-6,13-16,27-28H,1-2,7-10,22H2,(H2,23,29)(H,24,31)(H,25,30)(H,33,34). The summed E-state index contributed by atoms with van der Waals surface area (Å²) in [5.41, 5.74) is 11.1. The fourth-order valence-corrected chi connectivity index (χ4v) is 3.61. The molecule has 2 rings (SSSR count). The van der Waals surface area contributed by atoms with Gasteiger partial charge in [0.05, 0.1) is 19.1 Å². The van der Waals surface area contributed by atoms with Crippen LogP contribution in [0.3, 0.4) is 0 Å². The number of carbonyl (C=O) groups is 5. The Labute approximate surface area is 195 Å². The monoisotopic (exact) mass is 479 g/mol. The third kappa shape index (κ3) is 7.15. The molecule has 1 aliphatic rings. The van der Waals surface area contributed by atoms with Crippen LogP contribution in [0.5, 0.6) is 5.75 Å². The number of benzene rings is 1. The summed E-state index contributed by atoms with van der Waals surface area (Å²) in [6.45, 7) is -0.637. The van der Waals surface area contributed by atoms with Crippen LogP contribution in [0.1, 0.15) is 24.8 Å². The third-order valence-electron chi connectivity index (χ3n) is 5.39. The summed E-state index contributed by atoms with van der Waals surface area (Å²) in [4.78, 5) is 61.8. The summed E-state index contributed by atoms with van der Waals surface area (Å²) in [6, 6.07) is 0.777. The Kier molecular flexibility index (Phi) is 9.33. The second-order valence-corrected chi connectivity index (χ2v) is 7.98. The van der Waals surface area contributed by atoms with Gasteiger partial charge in [-0.05, 0) is 30.5 Å². The van der Waals surface area contributed by atoms with Gasteiger partial charge in [0.1, 0.15) is 23.9 Å². The minimum absolute atomic E-state index is 0.00324. The number of carbonyl (C=O) groups excluding carboxylic acids is 4. The number of hydrogen-bond acceptors (Lipinski definition) is 8. The molecule has 0 aliphatic carbocycles. The minimum atomic E-state index is -1.49. The van der Waals surface area contributed by atoms with Crippen LogP contribution in [0.15, 0.2) is 24.3 Å². The van der Waals surface area contributed by atoms with Crippen LogP contribution in [-0.4, -0.2) is 87.1 Å². The predicted molar refractivity (Wildman–Crippen MR) is 117 cm³/mol. The van der Waals surface area contributed by atoms with Crippen LogP contribution in [0.2, 0.25) is 0 Å². The van der Waals surface area contributed by atoms with Gasteiger partial charge in [0.2, 0.25) is 23.6 Å². The molecule has 1 aromatic carbocycles. The Hall–Kier alpha value is -3.71. The fraction of sp³-hybridized carbons (Fsp3) is 0.476. The number of primary amides is 1. The van der Waals surface area contributed by atoms with Crippen molar-refractivity contribution in [3.8, 4) is 5.75 Å². The zero-order valence-corrected chi connectivity index (χ0v) is 18.3. The first-order valence-electron chi connectivity index (χ1n) is 10.6. The summed E-state index contributed by atoms with van der Waals surface area (Å²) < 4.78 is 0. The average Bonchev–Trinajstić information content (AvgIpc) is 3.27. The van der Waals surface area contributed by atoms with Crippen molar-refractivity contribution in [1.82, 2.24) is 15.5 Å². The minimum Gasteiger partial charge on any atom is -0.508 e. The summed E-state index contributed by atoms with van der Waals surface area (Å²) in [6.07, 6.45) is 0.240. The number of amides is 4. The van der Waals surface area contributed by atoms with Crippen LogP contribution in [0.4, 0.5) is 0 Å². The third-order valence-corrected chi connectivity index (χ3v) is 5.39. The lowest BCUT2D eigenvalue weighted by Gasteiger charge is -2.28. The Bertz CT molecular complexity index is 922. The highest BCUT2D eigenvalue weighted by Crippen LogP contribution is 2.20. The number of aliphatic carboxylic acids is 1. The smallest absolute Gasteiger partial charge is 0.326 e. The summed E-state index contributed by atoms with van der Waals surface area (Å²) >= 11 is 0. The number of aliphatic hydroxyl groups excluding tert-OH is 1. The molecule has 1 saturated heterocycles. The number of rotatable bonds is 11. The molecular formula is C21H29N5O8. The number of carboxylic acid groups (broad SMARTS) is 1. The number of aromatic hydroxyl groups is 1. The van der Waals surface area contributed by atoms with E-state index in [1.54, 1.807) is 0 Å². The number of likely N-dealkylation sites (tertiary alicyclic amines) is 1. The molecule has 0 radical (unpaired) electrons. The van der Waals surface area contributed by atoms with Crippen molar-refractivity contribution in [3.05, 3.63) is 29.8 Å². The second kappa shape index (κ2) is 12.0. The number of nitrogens with zero attached hydrogens (tertiary/aromatic N) is 1. The van der Waals surface area contributed by atoms with E-state index in [4.69, 9.17) is 11.5 Å². The molecule has 4 atom stereocenters. The van der Waals surface area contributed by atoms with Gasteiger partial charge in [-0.15, -0.1) is 0 Å². The first-order chi connectivity index (χ1) is 16.0. The second-order valence-electron chi connectivity index (χ2n) is 7.98. The maximum absolute atomic E-state index is 13.2. The zero-order valence-electron chi connectivity index (χ0n) is 18.3. The van der Waals surface area contributed by atoms with Crippen LogP contribution in [0, 0.1) is 0 Å². The van der Waals surface area contributed by atoms with E-state index in [1.807, 2.05) is 0 Å². The van der Waals surface area contributed by atoms with Crippen LogP contribution in [0.25, 0.3) is 0 Å². The van der Waals surface area contributed by atoms with E-state index in [0.717, 1.165) is 0 Å². The van der Waals surface area contributed by atoms with Crippen molar-refractivity contribution in [2.45, 2.75) is 49.9 Å². The number of hydrogen-bond donors (Lipinski definition) is 7. The Balaban J connectivity index is 2.20. The maximum Gasteiger partial charge on any atom is 0.326 e. The molecule has 0 saturated carbocycles. The Morgan fingerprint density at radius 3 is 2.24 bits per heavy atom. The zero-order chi connectivity index (χ0) is 25.4. The summed E-state index contributed by atoms with van der Waals surface area (Å²) in [5.74, 6) is -4.45. The molecule has 1 aliphatic heterocycles. The first kappa shape index (κ1) is 26.5. The number of phenols is 1. The van der Waals surface area contributed by atoms with E-state index in [-0.39, 0.29) is 25.1 Å². The van der Waals surface area contributed by atoms with E-state index in [1.165, 1.54) is 29.2 Å². The van der Waals surface area contributed by atoms with Gasteiger partial charge in [-0.2, -0.15) is 0 Å². The summed E-state index contributed by atoms with van der Waals surface area (Å²) in [5, 5.41) is 33.2. The quantitative estimate of drug-likeness (QED) is 0.173. The molecule has 0 aromatic heterocycles. The molecular weight excluding hydrogens is 450 g/mol. The maximum atomic E-state index is 13.2. The molecule has 1 aromatic rings.